The third-order valence-electron chi connectivity index (χ3n) is 2.10. The highest BCUT2D eigenvalue weighted by molar-refractivity contribution is 6.29. The van der Waals surface area contributed by atoms with Crippen LogP contribution in [0.3, 0.4) is 0 Å². The van der Waals surface area contributed by atoms with E-state index in [1.165, 1.54) is 18.1 Å². The average Bonchev–Trinajstić information content (AvgIpc) is 2.20. The fourth-order valence-electron chi connectivity index (χ4n) is 1.27. The molecular formula is C10H12ClF3N2O. The predicted octanol–water partition coefficient (Wildman–Crippen LogP) is 2.09. The average molecular weight is 269 g/mol. The van der Waals surface area contributed by atoms with Crippen LogP contribution in [0.1, 0.15) is 5.56 Å². The molecule has 0 aliphatic rings. The lowest BCUT2D eigenvalue weighted by Gasteiger charge is -2.22. The summed E-state index contributed by atoms with van der Waals surface area (Å²) in [5.74, 6) is 0. The number of aliphatic hydroxyl groups is 1. The second-order valence-electron chi connectivity index (χ2n) is 3.74. The molecule has 7 heteroatoms. The molecule has 1 rings (SSSR count). The van der Waals surface area contributed by atoms with Crippen molar-refractivity contribution in [1.82, 2.24) is 9.88 Å². The summed E-state index contributed by atoms with van der Waals surface area (Å²) in [4.78, 5) is 5.18. The lowest BCUT2D eigenvalue weighted by atomic mass is 10.2. The van der Waals surface area contributed by atoms with Gasteiger partial charge in [0, 0.05) is 19.3 Å². The molecule has 1 atom stereocenters. The second-order valence-corrected chi connectivity index (χ2v) is 4.13. The first-order chi connectivity index (χ1) is 7.79. The van der Waals surface area contributed by atoms with Gasteiger partial charge in [-0.3, -0.25) is 4.90 Å². The van der Waals surface area contributed by atoms with Gasteiger partial charge >= 0.3 is 6.18 Å². The first-order valence-electron chi connectivity index (χ1n) is 4.83. The number of pyridine rings is 1. The number of likely N-dealkylation sites (N-methyl/N-ethyl adjacent to an activating group) is 1. The highest BCUT2D eigenvalue weighted by Gasteiger charge is 2.38. The van der Waals surface area contributed by atoms with Gasteiger partial charge in [-0.1, -0.05) is 17.7 Å². The summed E-state index contributed by atoms with van der Waals surface area (Å²) in [7, 11) is 1.49. The zero-order valence-electron chi connectivity index (χ0n) is 9.08. The Morgan fingerprint density at radius 1 is 1.47 bits per heavy atom. The summed E-state index contributed by atoms with van der Waals surface area (Å²) in [6.45, 7) is -0.219. The highest BCUT2D eigenvalue weighted by Crippen LogP contribution is 2.20. The minimum Gasteiger partial charge on any atom is -0.382 e. The van der Waals surface area contributed by atoms with E-state index < -0.39 is 18.8 Å². The van der Waals surface area contributed by atoms with E-state index in [1.54, 1.807) is 12.1 Å². The largest absolute Gasteiger partial charge is 0.415 e. The Kier molecular flexibility index (Phi) is 4.73. The third kappa shape index (κ3) is 4.89. The van der Waals surface area contributed by atoms with Crippen molar-refractivity contribution in [2.24, 2.45) is 0 Å². The molecule has 0 fully saturated rings. The van der Waals surface area contributed by atoms with Crippen LogP contribution in [0.2, 0.25) is 5.15 Å². The van der Waals surface area contributed by atoms with Gasteiger partial charge in [-0.15, -0.1) is 0 Å². The maximum absolute atomic E-state index is 12.1. The van der Waals surface area contributed by atoms with Crippen molar-refractivity contribution in [3.8, 4) is 0 Å². The molecule has 96 valence electrons. The van der Waals surface area contributed by atoms with E-state index >= 15 is 0 Å². The van der Waals surface area contributed by atoms with E-state index in [2.05, 4.69) is 4.98 Å². The molecule has 0 amide bonds. The van der Waals surface area contributed by atoms with Crippen molar-refractivity contribution in [2.45, 2.75) is 18.8 Å². The number of alkyl halides is 3. The predicted molar refractivity (Wildman–Crippen MR) is 57.6 cm³/mol. The number of aliphatic hydroxyl groups excluding tert-OH is 1. The summed E-state index contributed by atoms with van der Waals surface area (Å²) in [5.41, 5.74) is 0.728. The molecule has 0 aliphatic heterocycles. The van der Waals surface area contributed by atoms with Crippen LogP contribution < -0.4 is 0 Å². The summed E-state index contributed by atoms with van der Waals surface area (Å²) in [6, 6.07) is 3.23. The minimum atomic E-state index is -4.59. The van der Waals surface area contributed by atoms with Crippen molar-refractivity contribution in [3.63, 3.8) is 0 Å². The maximum Gasteiger partial charge on any atom is 0.415 e. The number of rotatable bonds is 4. The van der Waals surface area contributed by atoms with Crippen LogP contribution in [-0.2, 0) is 6.54 Å². The van der Waals surface area contributed by atoms with E-state index in [4.69, 9.17) is 16.7 Å². The Morgan fingerprint density at radius 3 is 2.59 bits per heavy atom. The fourth-order valence-corrected chi connectivity index (χ4v) is 1.39. The monoisotopic (exact) mass is 268 g/mol. The molecule has 0 saturated carbocycles. The van der Waals surface area contributed by atoms with E-state index in [0.29, 0.717) is 5.15 Å². The van der Waals surface area contributed by atoms with Gasteiger partial charge in [0.15, 0.2) is 6.10 Å². The zero-order valence-corrected chi connectivity index (χ0v) is 9.83. The number of hydrogen-bond donors (Lipinski definition) is 1. The Balaban J connectivity index is 2.50. The molecular weight excluding hydrogens is 257 g/mol. The van der Waals surface area contributed by atoms with Crippen molar-refractivity contribution in [1.29, 1.82) is 0 Å². The van der Waals surface area contributed by atoms with E-state index in [-0.39, 0.29) is 6.54 Å². The molecule has 0 spiro atoms. The summed E-state index contributed by atoms with van der Waals surface area (Å²) < 4.78 is 36.3. The van der Waals surface area contributed by atoms with Crippen LogP contribution in [0.5, 0.6) is 0 Å². The van der Waals surface area contributed by atoms with Crippen LogP contribution in [-0.4, -0.2) is 40.9 Å². The van der Waals surface area contributed by atoms with Gasteiger partial charge in [-0.2, -0.15) is 13.2 Å². The molecule has 1 aromatic rings. The molecule has 1 aromatic heterocycles. The normalized spacial score (nSPS) is 14.1. The molecule has 0 bridgehead atoms. The van der Waals surface area contributed by atoms with E-state index in [1.807, 2.05) is 0 Å². The second kappa shape index (κ2) is 5.66. The third-order valence-corrected chi connectivity index (χ3v) is 2.33. The lowest BCUT2D eigenvalue weighted by Crippen LogP contribution is -2.39. The van der Waals surface area contributed by atoms with Crippen molar-refractivity contribution in [2.75, 3.05) is 13.6 Å². The number of hydrogen-bond acceptors (Lipinski definition) is 3. The maximum atomic E-state index is 12.1. The number of halogens is 4. The standard InChI is InChI=1S/C10H12ClF3N2O/c1-16(6-8(17)10(12,13)14)5-7-2-3-9(11)15-4-7/h2-4,8,17H,5-6H2,1H3. The summed E-state index contributed by atoms with van der Waals surface area (Å²) in [6.07, 6.45) is -5.45. The molecule has 0 aromatic carbocycles. The van der Waals surface area contributed by atoms with Gasteiger partial charge in [0.2, 0.25) is 0 Å². The topological polar surface area (TPSA) is 36.4 Å². The van der Waals surface area contributed by atoms with Crippen LogP contribution in [0.25, 0.3) is 0 Å². The SMILES string of the molecule is CN(Cc1ccc(Cl)nc1)CC(O)C(F)(F)F. The molecule has 17 heavy (non-hydrogen) atoms. The Labute approximate surface area is 102 Å². The molecule has 1 unspecified atom stereocenters. The van der Waals surface area contributed by atoms with Gasteiger partial charge in [-0.25, -0.2) is 4.98 Å². The van der Waals surface area contributed by atoms with Gasteiger partial charge in [0.1, 0.15) is 5.15 Å². The quantitative estimate of drug-likeness (QED) is 0.850. The van der Waals surface area contributed by atoms with Crippen molar-refractivity contribution >= 4 is 11.6 Å². The molecule has 1 N–H and O–H groups in total. The van der Waals surface area contributed by atoms with Gasteiger partial charge in [0.25, 0.3) is 0 Å². The first kappa shape index (κ1) is 14.2. The van der Waals surface area contributed by atoms with Crippen molar-refractivity contribution < 1.29 is 18.3 Å². The molecule has 0 radical (unpaired) electrons. The van der Waals surface area contributed by atoms with Crippen molar-refractivity contribution in [3.05, 3.63) is 29.0 Å². The first-order valence-corrected chi connectivity index (χ1v) is 5.20. The fraction of sp³-hybridized carbons (Fsp3) is 0.500. The number of nitrogens with zero attached hydrogens (tertiary/aromatic N) is 2. The Hall–Kier alpha value is -0.850. The molecule has 0 saturated heterocycles. The molecule has 1 heterocycles. The summed E-state index contributed by atoms with van der Waals surface area (Å²) >= 11 is 5.58. The van der Waals surface area contributed by atoms with Gasteiger partial charge in [0.05, 0.1) is 0 Å². The zero-order chi connectivity index (χ0) is 13.1. The van der Waals surface area contributed by atoms with E-state index in [9.17, 15) is 13.2 Å². The lowest BCUT2D eigenvalue weighted by molar-refractivity contribution is -0.207. The van der Waals surface area contributed by atoms with Crippen LogP contribution >= 0.6 is 11.6 Å². The molecule has 0 aliphatic carbocycles. The van der Waals surface area contributed by atoms with Crippen LogP contribution in [0.4, 0.5) is 13.2 Å². The van der Waals surface area contributed by atoms with Gasteiger partial charge < -0.3 is 5.11 Å². The van der Waals surface area contributed by atoms with Crippen LogP contribution in [0, 0.1) is 0 Å². The Bertz CT molecular complexity index is 356. The minimum absolute atomic E-state index is 0.261. The van der Waals surface area contributed by atoms with E-state index in [0.717, 1.165) is 5.56 Å². The van der Waals surface area contributed by atoms with Gasteiger partial charge in [-0.05, 0) is 18.7 Å². The highest BCUT2D eigenvalue weighted by atomic mass is 35.5. The Morgan fingerprint density at radius 2 is 2.12 bits per heavy atom. The molecule has 3 nitrogen and oxygen atoms in total. The van der Waals surface area contributed by atoms with Crippen LogP contribution in [0.15, 0.2) is 18.3 Å². The number of aromatic nitrogens is 1. The summed E-state index contributed by atoms with van der Waals surface area (Å²) in [5, 5.41) is 9.20. The smallest absolute Gasteiger partial charge is 0.382 e.